The molecule has 4 heteroatoms. The fourth-order valence-corrected chi connectivity index (χ4v) is 4.35. The van der Waals surface area contributed by atoms with Crippen LogP contribution in [0.5, 0.6) is 0 Å². The molecule has 3 aliphatic heterocycles. The Morgan fingerprint density at radius 3 is 2.88 bits per heavy atom. The Kier molecular flexibility index (Phi) is 3.11. The molecule has 2 bridgehead atoms. The molecular weight excluding hydrogens is 220 g/mol. The first-order valence-electron chi connectivity index (χ1n) is 6.47. The second kappa shape index (κ2) is 4.57. The van der Waals surface area contributed by atoms with Crippen molar-refractivity contribution in [1.29, 1.82) is 0 Å². The Morgan fingerprint density at radius 1 is 1.31 bits per heavy atom. The van der Waals surface area contributed by atoms with Crippen molar-refractivity contribution < 1.29 is 4.79 Å². The van der Waals surface area contributed by atoms with Crippen molar-refractivity contribution in [3.05, 3.63) is 0 Å². The maximum Gasteiger partial charge on any atom is 0.224 e. The fourth-order valence-electron chi connectivity index (χ4n) is 3.28. The van der Waals surface area contributed by atoms with Crippen molar-refractivity contribution in [2.24, 2.45) is 5.92 Å². The summed E-state index contributed by atoms with van der Waals surface area (Å²) in [6.45, 7) is 0. The van der Waals surface area contributed by atoms with Crippen LogP contribution in [0.3, 0.4) is 0 Å². The predicted octanol–water partition coefficient (Wildman–Crippen LogP) is 1.14. The van der Waals surface area contributed by atoms with Crippen LogP contribution in [0, 0.1) is 5.92 Å². The van der Waals surface area contributed by atoms with E-state index in [1.165, 1.54) is 31.4 Å². The molecule has 3 fully saturated rings. The largest absolute Gasteiger partial charge is 0.352 e. The zero-order valence-corrected chi connectivity index (χ0v) is 10.4. The lowest BCUT2D eigenvalue weighted by Crippen LogP contribution is -2.44. The highest BCUT2D eigenvalue weighted by atomic mass is 32.2. The molecule has 90 valence electrons. The SMILES string of the molecule is O=C(NC1CCCSC1)C1CC2CCC1N2. The van der Waals surface area contributed by atoms with Crippen LogP contribution < -0.4 is 10.6 Å². The van der Waals surface area contributed by atoms with E-state index >= 15 is 0 Å². The summed E-state index contributed by atoms with van der Waals surface area (Å²) >= 11 is 1.97. The van der Waals surface area contributed by atoms with E-state index in [4.69, 9.17) is 0 Å². The minimum Gasteiger partial charge on any atom is -0.352 e. The predicted molar refractivity (Wildman–Crippen MR) is 66.5 cm³/mol. The minimum absolute atomic E-state index is 0.255. The Morgan fingerprint density at radius 2 is 2.25 bits per heavy atom. The number of amides is 1. The standard InChI is InChI=1S/C12H20N2OS/c15-12(14-9-2-1-5-16-7-9)10-6-8-3-4-11(10)13-8/h8-11,13H,1-7H2,(H,14,15). The maximum atomic E-state index is 12.1. The first kappa shape index (κ1) is 10.9. The van der Waals surface area contributed by atoms with Crippen LogP contribution in [0.25, 0.3) is 0 Å². The molecule has 0 spiro atoms. The van der Waals surface area contributed by atoms with Gasteiger partial charge >= 0.3 is 0 Å². The van der Waals surface area contributed by atoms with Crippen LogP contribution >= 0.6 is 11.8 Å². The highest BCUT2D eigenvalue weighted by molar-refractivity contribution is 7.99. The molecule has 4 unspecified atom stereocenters. The third-order valence-corrected chi connectivity index (χ3v) is 5.36. The van der Waals surface area contributed by atoms with Crippen LogP contribution in [-0.2, 0) is 4.79 Å². The van der Waals surface area contributed by atoms with E-state index in [2.05, 4.69) is 10.6 Å². The van der Waals surface area contributed by atoms with Gasteiger partial charge in [-0.25, -0.2) is 0 Å². The monoisotopic (exact) mass is 240 g/mol. The summed E-state index contributed by atoms with van der Waals surface area (Å²) in [6, 6.07) is 1.54. The summed E-state index contributed by atoms with van der Waals surface area (Å²) < 4.78 is 0. The van der Waals surface area contributed by atoms with E-state index in [0.717, 1.165) is 12.2 Å². The normalized spacial score (nSPS) is 42.2. The fraction of sp³-hybridized carbons (Fsp3) is 0.917. The van der Waals surface area contributed by atoms with Crippen molar-refractivity contribution in [2.75, 3.05) is 11.5 Å². The highest BCUT2D eigenvalue weighted by Gasteiger charge is 2.43. The van der Waals surface area contributed by atoms with Gasteiger partial charge in [0.15, 0.2) is 0 Å². The van der Waals surface area contributed by atoms with Gasteiger partial charge in [-0.2, -0.15) is 11.8 Å². The van der Waals surface area contributed by atoms with Crippen LogP contribution in [0.4, 0.5) is 0 Å². The zero-order valence-electron chi connectivity index (χ0n) is 9.58. The van der Waals surface area contributed by atoms with Gasteiger partial charge in [-0.15, -0.1) is 0 Å². The summed E-state index contributed by atoms with van der Waals surface area (Å²) in [5, 5.41) is 6.78. The third-order valence-electron chi connectivity index (χ3n) is 4.14. The van der Waals surface area contributed by atoms with Crippen molar-refractivity contribution in [2.45, 2.75) is 50.2 Å². The summed E-state index contributed by atoms with van der Waals surface area (Å²) in [4.78, 5) is 12.1. The number of nitrogens with one attached hydrogen (secondary N) is 2. The van der Waals surface area contributed by atoms with Crippen molar-refractivity contribution in [1.82, 2.24) is 10.6 Å². The van der Waals surface area contributed by atoms with Crippen LogP contribution in [-0.4, -0.2) is 35.5 Å². The average Bonchev–Trinajstić information content (AvgIpc) is 2.92. The van der Waals surface area contributed by atoms with E-state index in [1.807, 2.05) is 11.8 Å². The number of hydrogen-bond acceptors (Lipinski definition) is 3. The van der Waals surface area contributed by atoms with Gasteiger partial charge in [0.25, 0.3) is 0 Å². The van der Waals surface area contributed by atoms with E-state index < -0.39 is 0 Å². The number of fused-ring (bicyclic) bond motifs is 2. The highest BCUT2D eigenvalue weighted by Crippen LogP contribution is 2.33. The first-order chi connectivity index (χ1) is 7.83. The van der Waals surface area contributed by atoms with Gasteiger partial charge in [0, 0.05) is 23.9 Å². The molecule has 3 aliphatic rings. The van der Waals surface area contributed by atoms with Gasteiger partial charge in [-0.3, -0.25) is 4.79 Å². The van der Waals surface area contributed by atoms with Crippen molar-refractivity contribution >= 4 is 17.7 Å². The van der Waals surface area contributed by atoms with E-state index in [0.29, 0.717) is 24.0 Å². The lowest BCUT2D eigenvalue weighted by molar-refractivity contribution is -0.126. The van der Waals surface area contributed by atoms with Gasteiger partial charge in [0.05, 0.1) is 5.92 Å². The summed E-state index contributed by atoms with van der Waals surface area (Å²) in [7, 11) is 0. The molecule has 0 radical (unpaired) electrons. The molecule has 0 aliphatic carbocycles. The van der Waals surface area contributed by atoms with Gasteiger partial charge in [-0.05, 0) is 37.9 Å². The van der Waals surface area contributed by atoms with Gasteiger partial charge in [-0.1, -0.05) is 0 Å². The molecule has 3 saturated heterocycles. The van der Waals surface area contributed by atoms with E-state index in [-0.39, 0.29) is 5.92 Å². The summed E-state index contributed by atoms with van der Waals surface area (Å²) in [5.41, 5.74) is 0. The molecule has 16 heavy (non-hydrogen) atoms. The average molecular weight is 240 g/mol. The molecule has 0 aromatic rings. The molecule has 3 rings (SSSR count). The lowest BCUT2D eigenvalue weighted by Gasteiger charge is -2.26. The molecule has 3 nitrogen and oxygen atoms in total. The van der Waals surface area contributed by atoms with Crippen LogP contribution in [0.15, 0.2) is 0 Å². The summed E-state index contributed by atoms with van der Waals surface area (Å²) in [6.07, 6.45) is 5.96. The molecule has 0 saturated carbocycles. The molecule has 0 aromatic heterocycles. The molecular formula is C12H20N2OS. The van der Waals surface area contributed by atoms with Crippen LogP contribution in [0.1, 0.15) is 32.1 Å². The number of hydrogen-bond donors (Lipinski definition) is 2. The van der Waals surface area contributed by atoms with Crippen LogP contribution in [0.2, 0.25) is 0 Å². The maximum absolute atomic E-state index is 12.1. The van der Waals surface area contributed by atoms with Gasteiger partial charge in [0.2, 0.25) is 5.91 Å². The Labute approximate surface area is 101 Å². The topological polar surface area (TPSA) is 41.1 Å². The second-order valence-electron chi connectivity index (χ2n) is 5.31. The number of thioether (sulfide) groups is 1. The molecule has 2 N–H and O–H groups in total. The third kappa shape index (κ3) is 2.09. The number of rotatable bonds is 2. The summed E-state index contributed by atoms with van der Waals surface area (Å²) in [5.74, 6) is 2.94. The number of carbonyl (C=O) groups excluding carboxylic acids is 1. The quantitative estimate of drug-likeness (QED) is 0.760. The molecule has 1 amide bonds. The Balaban J connectivity index is 1.53. The van der Waals surface area contributed by atoms with Crippen molar-refractivity contribution in [3.8, 4) is 0 Å². The van der Waals surface area contributed by atoms with Gasteiger partial charge < -0.3 is 10.6 Å². The van der Waals surface area contributed by atoms with E-state index in [1.54, 1.807) is 0 Å². The molecule has 4 atom stereocenters. The van der Waals surface area contributed by atoms with E-state index in [9.17, 15) is 4.79 Å². The Hall–Kier alpha value is -0.220. The zero-order chi connectivity index (χ0) is 11.0. The minimum atomic E-state index is 0.255. The molecule has 0 aromatic carbocycles. The molecule has 3 heterocycles. The smallest absolute Gasteiger partial charge is 0.224 e. The first-order valence-corrected chi connectivity index (χ1v) is 7.62. The second-order valence-corrected chi connectivity index (χ2v) is 6.46. The van der Waals surface area contributed by atoms with Crippen molar-refractivity contribution in [3.63, 3.8) is 0 Å². The lowest BCUT2D eigenvalue weighted by atomic mass is 9.88. The Bertz CT molecular complexity index is 278. The van der Waals surface area contributed by atoms with Gasteiger partial charge in [0.1, 0.15) is 0 Å². The number of carbonyl (C=O) groups is 1.